The number of rotatable bonds is 4. The molecule has 1 aliphatic heterocycles. The Morgan fingerprint density at radius 1 is 1.33 bits per heavy atom. The van der Waals surface area contributed by atoms with Gasteiger partial charge in [0, 0.05) is 20.1 Å². The van der Waals surface area contributed by atoms with E-state index in [9.17, 15) is 8.42 Å². The zero-order valence-corrected chi connectivity index (χ0v) is 14.1. The van der Waals surface area contributed by atoms with Crippen LogP contribution in [0.2, 0.25) is 0 Å². The molecule has 0 amide bonds. The molecule has 2 rings (SSSR count). The van der Waals surface area contributed by atoms with Gasteiger partial charge in [-0.1, -0.05) is 12.1 Å². The highest BCUT2D eigenvalue weighted by molar-refractivity contribution is 7.89. The van der Waals surface area contributed by atoms with E-state index in [1.54, 1.807) is 14.0 Å². The number of sulfonamides is 1. The van der Waals surface area contributed by atoms with Crippen LogP contribution < -0.4 is 5.73 Å². The first kappa shape index (κ1) is 16.3. The summed E-state index contributed by atoms with van der Waals surface area (Å²) in [6, 6.07) is 3.67. The van der Waals surface area contributed by atoms with E-state index in [1.807, 2.05) is 19.1 Å². The maximum absolute atomic E-state index is 12.8. The Hall–Kier alpha value is -1.11. The van der Waals surface area contributed by atoms with Crippen LogP contribution in [0.15, 0.2) is 17.0 Å². The first-order chi connectivity index (χ1) is 9.73. The molecule has 1 atom stereocenters. The Bertz CT molecular complexity index is 628. The molecule has 0 spiro atoms. The van der Waals surface area contributed by atoms with Crippen molar-refractivity contribution < 1.29 is 8.42 Å². The average molecular weight is 311 g/mol. The Balaban J connectivity index is 2.27. The number of nitrogens with two attached hydrogens (primary N) is 1. The molecule has 0 bridgehead atoms. The van der Waals surface area contributed by atoms with Gasteiger partial charge in [0.1, 0.15) is 4.90 Å². The molecular formula is C15H25N3O2S. The fraction of sp³-hybridized carbons (Fsp3) is 0.600. The summed E-state index contributed by atoms with van der Waals surface area (Å²) < 4.78 is 27.1. The molecule has 6 heteroatoms. The highest BCUT2D eigenvalue weighted by atomic mass is 32.2. The van der Waals surface area contributed by atoms with E-state index < -0.39 is 10.0 Å². The van der Waals surface area contributed by atoms with Crippen LogP contribution in [0.4, 0.5) is 5.69 Å². The minimum Gasteiger partial charge on any atom is -0.397 e. The summed E-state index contributed by atoms with van der Waals surface area (Å²) in [7, 11) is 0.176. The topological polar surface area (TPSA) is 66.6 Å². The van der Waals surface area contributed by atoms with Gasteiger partial charge < -0.3 is 10.6 Å². The summed E-state index contributed by atoms with van der Waals surface area (Å²) in [6.45, 7) is 6.14. The number of nitrogen functional groups attached to an aromatic ring is 1. The third kappa shape index (κ3) is 3.22. The molecule has 1 aromatic rings. The second-order valence-electron chi connectivity index (χ2n) is 6.14. The van der Waals surface area contributed by atoms with Crippen molar-refractivity contribution in [3.05, 3.63) is 23.3 Å². The van der Waals surface area contributed by atoms with Crippen molar-refractivity contribution in [2.24, 2.45) is 5.92 Å². The van der Waals surface area contributed by atoms with Crippen LogP contribution in [0, 0.1) is 19.8 Å². The van der Waals surface area contributed by atoms with Crippen molar-refractivity contribution in [3.63, 3.8) is 0 Å². The van der Waals surface area contributed by atoms with E-state index in [0.717, 1.165) is 25.1 Å². The molecule has 0 radical (unpaired) electrons. The molecular weight excluding hydrogens is 286 g/mol. The largest absolute Gasteiger partial charge is 0.397 e. The van der Waals surface area contributed by atoms with Crippen LogP contribution in [0.5, 0.6) is 0 Å². The molecule has 0 saturated carbocycles. The van der Waals surface area contributed by atoms with E-state index in [-0.39, 0.29) is 4.90 Å². The molecule has 1 saturated heterocycles. The van der Waals surface area contributed by atoms with Crippen molar-refractivity contribution in [1.82, 2.24) is 9.21 Å². The van der Waals surface area contributed by atoms with Crippen LogP contribution in [-0.4, -0.2) is 51.4 Å². The van der Waals surface area contributed by atoms with E-state index in [1.165, 1.54) is 4.31 Å². The second-order valence-corrected chi connectivity index (χ2v) is 8.13. The minimum absolute atomic E-state index is 0.261. The molecule has 0 aliphatic carbocycles. The fourth-order valence-electron chi connectivity index (χ4n) is 2.94. The maximum Gasteiger partial charge on any atom is 0.245 e. The molecule has 21 heavy (non-hydrogen) atoms. The number of hydrogen-bond acceptors (Lipinski definition) is 4. The van der Waals surface area contributed by atoms with Gasteiger partial charge in [-0.2, -0.15) is 0 Å². The number of likely N-dealkylation sites (tertiary alicyclic amines) is 1. The number of aryl methyl sites for hydroxylation is 2. The summed E-state index contributed by atoms with van der Waals surface area (Å²) in [5.41, 5.74) is 7.89. The SMILES string of the molecule is Cc1ccc(C)c(S(=O)(=O)N(C)CC2CCN(C)C2)c1N. The standard InChI is InChI=1S/C15H25N3O2S/c1-11-5-6-12(2)15(14(11)16)21(19,20)18(4)10-13-7-8-17(3)9-13/h5-6,13H,7-10,16H2,1-4H3. The third-order valence-electron chi connectivity index (χ3n) is 4.28. The molecule has 2 N–H and O–H groups in total. The zero-order chi connectivity index (χ0) is 15.8. The Morgan fingerprint density at radius 2 is 1.95 bits per heavy atom. The molecule has 1 heterocycles. The van der Waals surface area contributed by atoms with Gasteiger partial charge >= 0.3 is 0 Å². The number of nitrogens with zero attached hydrogens (tertiary/aromatic N) is 2. The van der Waals surface area contributed by atoms with E-state index in [4.69, 9.17) is 5.73 Å². The maximum atomic E-state index is 12.8. The van der Waals surface area contributed by atoms with Gasteiger partial charge in [-0.25, -0.2) is 12.7 Å². The van der Waals surface area contributed by atoms with Crippen LogP contribution in [0.1, 0.15) is 17.5 Å². The lowest BCUT2D eigenvalue weighted by molar-refractivity contribution is 0.356. The minimum atomic E-state index is -3.54. The molecule has 5 nitrogen and oxygen atoms in total. The van der Waals surface area contributed by atoms with Crippen molar-refractivity contribution >= 4 is 15.7 Å². The smallest absolute Gasteiger partial charge is 0.245 e. The zero-order valence-electron chi connectivity index (χ0n) is 13.3. The van der Waals surface area contributed by atoms with Gasteiger partial charge in [0.2, 0.25) is 10.0 Å². The molecule has 0 aromatic heterocycles. The molecule has 118 valence electrons. The van der Waals surface area contributed by atoms with Crippen molar-refractivity contribution in [2.45, 2.75) is 25.2 Å². The van der Waals surface area contributed by atoms with E-state index >= 15 is 0 Å². The van der Waals surface area contributed by atoms with Gasteiger partial charge in [-0.05, 0) is 50.9 Å². The number of hydrogen-bond donors (Lipinski definition) is 1. The molecule has 1 aromatic carbocycles. The normalized spacial score (nSPS) is 20.3. The summed E-state index contributed by atoms with van der Waals surface area (Å²) in [5, 5.41) is 0. The molecule has 1 unspecified atom stereocenters. The first-order valence-electron chi connectivity index (χ1n) is 7.24. The summed E-state index contributed by atoms with van der Waals surface area (Å²) in [5.74, 6) is 0.390. The van der Waals surface area contributed by atoms with Gasteiger partial charge in [0.15, 0.2) is 0 Å². The van der Waals surface area contributed by atoms with Gasteiger partial charge in [0.05, 0.1) is 5.69 Å². The number of benzene rings is 1. The average Bonchev–Trinajstić information content (AvgIpc) is 2.79. The highest BCUT2D eigenvalue weighted by Gasteiger charge is 2.29. The van der Waals surface area contributed by atoms with Gasteiger partial charge in [-0.15, -0.1) is 0 Å². The highest BCUT2D eigenvalue weighted by Crippen LogP contribution is 2.29. The van der Waals surface area contributed by atoms with Crippen LogP contribution in [0.3, 0.4) is 0 Å². The second kappa shape index (κ2) is 5.94. The van der Waals surface area contributed by atoms with Crippen LogP contribution >= 0.6 is 0 Å². The monoisotopic (exact) mass is 311 g/mol. The van der Waals surface area contributed by atoms with Crippen molar-refractivity contribution in [3.8, 4) is 0 Å². The van der Waals surface area contributed by atoms with Gasteiger partial charge in [-0.3, -0.25) is 0 Å². The predicted molar refractivity (Wildman–Crippen MR) is 85.7 cm³/mol. The molecule has 1 fully saturated rings. The fourth-order valence-corrected chi connectivity index (χ4v) is 4.57. The Kier molecular flexibility index (Phi) is 4.60. The van der Waals surface area contributed by atoms with Crippen molar-refractivity contribution in [2.75, 3.05) is 39.5 Å². The lowest BCUT2D eigenvalue weighted by Crippen LogP contribution is -2.33. The van der Waals surface area contributed by atoms with E-state index in [2.05, 4.69) is 11.9 Å². The quantitative estimate of drug-likeness (QED) is 0.855. The molecule has 1 aliphatic rings. The predicted octanol–water partition coefficient (Wildman–Crippen LogP) is 1.46. The Labute approximate surface area is 127 Å². The third-order valence-corrected chi connectivity index (χ3v) is 6.31. The van der Waals surface area contributed by atoms with Crippen molar-refractivity contribution in [1.29, 1.82) is 0 Å². The van der Waals surface area contributed by atoms with Gasteiger partial charge in [0.25, 0.3) is 0 Å². The summed E-state index contributed by atoms with van der Waals surface area (Å²) >= 11 is 0. The first-order valence-corrected chi connectivity index (χ1v) is 8.68. The van der Waals surface area contributed by atoms with Crippen LogP contribution in [0.25, 0.3) is 0 Å². The van der Waals surface area contributed by atoms with Crippen LogP contribution in [-0.2, 0) is 10.0 Å². The summed E-state index contributed by atoms with van der Waals surface area (Å²) in [6.07, 6.45) is 1.04. The number of anilines is 1. The Morgan fingerprint density at radius 3 is 2.52 bits per heavy atom. The summed E-state index contributed by atoms with van der Waals surface area (Å²) in [4.78, 5) is 2.49. The lowest BCUT2D eigenvalue weighted by atomic mass is 10.1. The lowest BCUT2D eigenvalue weighted by Gasteiger charge is -2.23. The van der Waals surface area contributed by atoms with E-state index in [0.29, 0.717) is 23.7 Å².